The zero-order valence-electron chi connectivity index (χ0n) is 17.4. The van der Waals surface area contributed by atoms with Crippen molar-refractivity contribution in [3.05, 3.63) is 94.8 Å². The fraction of sp³-hybridized carbons (Fsp3) is 0.160. The van der Waals surface area contributed by atoms with E-state index in [9.17, 15) is 19.2 Å². The summed E-state index contributed by atoms with van der Waals surface area (Å²) in [6, 6.07) is 19.1. The van der Waals surface area contributed by atoms with Gasteiger partial charge in [0.25, 0.3) is 11.8 Å². The minimum atomic E-state index is -0.448. The van der Waals surface area contributed by atoms with E-state index in [0.717, 1.165) is 5.56 Å². The van der Waals surface area contributed by atoms with E-state index in [1.54, 1.807) is 55.5 Å². The van der Waals surface area contributed by atoms with Gasteiger partial charge in [0.1, 0.15) is 5.82 Å². The van der Waals surface area contributed by atoms with Gasteiger partial charge in [-0.3, -0.25) is 9.59 Å². The summed E-state index contributed by atoms with van der Waals surface area (Å²) in [5.74, 6) is -1.24. The molecule has 32 heavy (non-hydrogen) atoms. The molecule has 0 heterocycles. The van der Waals surface area contributed by atoms with E-state index in [0.29, 0.717) is 16.7 Å². The molecule has 0 spiro atoms. The van der Waals surface area contributed by atoms with Crippen LogP contribution >= 0.6 is 0 Å². The van der Waals surface area contributed by atoms with Crippen molar-refractivity contribution in [1.82, 2.24) is 10.6 Å². The Labute approximate surface area is 185 Å². The molecule has 0 aliphatic rings. The molecule has 0 fully saturated rings. The van der Waals surface area contributed by atoms with Gasteiger partial charge in [0.2, 0.25) is 0 Å². The standard InChI is InChI=1S/C25H22FN3O3/c1-16(17-6-8-22(26)9-7-17)29-25(32)21-13-19(23-5-3-2-4-18(23)15-27)12-20(14-21)24(31)28-10-11-30/h2-9,12-14,16,30H,10-11H2,1H3,(H,28,31)(H,29,32)/t16-/m1/s1. The van der Waals surface area contributed by atoms with Crippen LogP contribution in [0.25, 0.3) is 11.1 Å². The van der Waals surface area contributed by atoms with E-state index in [1.807, 2.05) is 0 Å². The van der Waals surface area contributed by atoms with Gasteiger partial charge in [0, 0.05) is 17.7 Å². The van der Waals surface area contributed by atoms with Crippen molar-refractivity contribution < 1.29 is 19.1 Å². The van der Waals surface area contributed by atoms with Crippen molar-refractivity contribution in [1.29, 1.82) is 5.26 Å². The Morgan fingerprint density at radius 3 is 2.34 bits per heavy atom. The maximum atomic E-state index is 13.2. The SMILES string of the molecule is C[C@@H](NC(=O)c1cc(C(=O)NCCO)cc(-c2ccccc2C#N)c1)c1ccc(F)cc1. The van der Waals surface area contributed by atoms with Crippen LogP contribution < -0.4 is 10.6 Å². The molecular weight excluding hydrogens is 409 g/mol. The second-order valence-electron chi connectivity index (χ2n) is 7.18. The lowest BCUT2D eigenvalue weighted by Crippen LogP contribution is -2.28. The van der Waals surface area contributed by atoms with Crippen molar-refractivity contribution in [2.24, 2.45) is 0 Å². The summed E-state index contributed by atoms with van der Waals surface area (Å²) in [5.41, 5.74) is 2.73. The second kappa shape index (κ2) is 10.3. The number of carbonyl (C=O) groups excluding carboxylic acids is 2. The number of carbonyl (C=O) groups is 2. The number of benzene rings is 3. The van der Waals surface area contributed by atoms with Gasteiger partial charge in [0.05, 0.1) is 24.3 Å². The third-order valence-corrected chi connectivity index (χ3v) is 4.93. The second-order valence-corrected chi connectivity index (χ2v) is 7.18. The Morgan fingerprint density at radius 1 is 1.03 bits per heavy atom. The van der Waals surface area contributed by atoms with E-state index in [2.05, 4.69) is 16.7 Å². The van der Waals surface area contributed by atoms with Crippen LogP contribution in [0, 0.1) is 17.1 Å². The third kappa shape index (κ3) is 5.36. The summed E-state index contributed by atoms with van der Waals surface area (Å²) >= 11 is 0. The quantitative estimate of drug-likeness (QED) is 0.532. The molecule has 3 aromatic rings. The van der Waals surface area contributed by atoms with Gasteiger partial charge in [-0.25, -0.2) is 4.39 Å². The van der Waals surface area contributed by atoms with Gasteiger partial charge >= 0.3 is 0 Å². The molecule has 2 amide bonds. The Kier molecular flexibility index (Phi) is 7.32. The minimum absolute atomic E-state index is 0.0704. The minimum Gasteiger partial charge on any atom is -0.395 e. The van der Waals surface area contributed by atoms with Crippen LogP contribution in [0.1, 0.15) is 44.8 Å². The lowest BCUT2D eigenvalue weighted by Gasteiger charge is -2.16. The van der Waals surface area contributed by atoms with Gasteiger partial charge in [-0.05, 0) is 60.0 Å². The summed E-state index contributed by atoms with van der Waals surface area (Å²) in [7, 11) is 0. The molecule has 7 heteroatoms. The molecule has 3 aromatic carbocycles. The molecule has 0 aromatic heterocycles. The number of aliphatic hydroxyl groups is 1. The first-order chi connectivity index (χ1) is 15.4. The zero-order valence-corrected chi connectivity index (χ0v) is 17.4. The zero-order chi connectivity index (χ0) is 23.1. The molecule has 1 atom stereocenters. The number of nitriles is 1. The predicted octanol–water partition coefficient (Wildman–Crippen LogP) is 3.58. The van der Waals surface area contributed by atoms with Gasteiger partial charge in [-0.15, -0.1) is 0 Å². The van der Waals surface area contributed by atoms with Crippen LogP contribution in [-0.4, -0.2) is 30.1 Å². The van der Waals surface area contributed by atoms with E-state index < -0.39 is 17.9 Å². The summed E-state index contributed by atoms with van der Waals surface area (Å²) in [5, 5.41) is 23.9. The number of hydrogen-bond acceptors (Lipinski definition) is 4. The van der Waals surface area contributed by atoms with Gasteiger partial charge in [0.15, 0.2) is 0 Å². The Morgan fingerprint density at radius 2 is 1.69 bits per heavy atom. The number of nitrogens with zero attached hydrogens (tertiary/aromatic N) is 1. The van der Waals surface area contributed by atoms with Crippen molar-refractivity contribution in [2.45, 2.75) is 13.0 Å². The molecule has 6 nitrogen and oxygen atoms in total. The van der Waals surface area contributed by atoms with E-state index in [4.69, 9.17) is 5.11 Å². The molecular formula is C25H22FN3O3. The lowest BCUT2D eigenvalue weighted by atomic mass is 9.95. The average molecular weight is 431 g/mol. The van der Waals surface area contributed by atoms with Crippen LogP contribution in [0.15, 0.2) is 66.7 Å². The predicted molar refractivity (Wildman–Crippen MR) is 118 cm³/mol. The summed E-state index contributed by atoms with van der Waals surface area (Å²) in [6.45, 7) is 1.63. The molecule has 0 aliphatic heterocycles. The number of hydrogen-bond donors (Lipinski definition) is 3. The molecule has 0 aliphatic carbocycles. The lowest BCUT2D eigenvalue weighted by molar-refractivity contribution is 0.0940. The molecule has 0 radical (unpaired) electrons. The van der Waals surface area contributed by atoms with E-state index >= 15 is 0 Å². The Hall–Kier alpha value is -4.02. The molecule has 162 valence electrons. The summed E-state index contributed by atoms with van der Waals surface area (Å²) in [6.07, 6.45) is 0. The first-order valence-electron chi connectivity index (χ1n) is 10.0. The van der Waals surface area contributed by atoms with Gasteiger partial charge in [-0.1, -0.05) is 30.3 Å². The van der Waals surface area contributed by atoms with E-state index in [-0.39, 0.29) is 30.1 Å². The first-order valence-corrected chi connectivity index (χ1v) is 10.0. The number of aliphatic hydroxyl groups excluding tert-OH is 1. The molecule has 3 N–H and O–H groups in total. The van der Waals surface area contributed by atoms with Crippen LogP contribution in [-0.2, 0) is 0 Å². The highest BCUT2D eigenvalue weighted by Gasteiger charge is 2.17. The number of rotatable bonds is 7. The largest absolute Gasteiger partial charge is 0.395 e. The highest BCUT2D eigenvalue weighted by atomic mass is 19.1. The van der Waals surface area contributed by atoms with Crippen molar-refractivity contribution >= 4 is 11.8 Å². The van der Waals surface area contributed by atoms with Crippen LogP contribution in [0.3, 0.4) is 0 Å². The highest BCUT2D eigenvalue weighted by Crippen LogP contribution is 2.26. The maximum Gasteiger partial charge on any atom is 0.251 e. The molecule has 0 unspecified atom stereocenters. The molecule has 0 saturated heterocycles. The van der Waals surface area contributed by atoms with Gasteiger partial charge in [-0.2, -0.15) is 5.26 Å². The third-order valence-electron chi connectivity index (χ3n) is 4.93. The van der Waals surface area contributed by atoms with E-state index in [1.165, 1.54) is 18.2 Å². The normalized spacial score (nSPS) is 11.3. The van der Waals surface area contributed by atoms with Crippen LogP contribution in [0.2, 0.25) is 0 Å². The highest BCUT2D eigenvalue weighted by molar-refractivity contribution is 6.01. The molecule has 0 saturated carbocycles. The first kappa shape index (κ1) is 22.7. The number of amides is 2. The molecule has 3 rings (SSSR count). The maximum absolute atomic E-state index is 13.2. The topological polar surface area (TPSA) is 102 Å². The van der Waals surface area contributed by atoms with Crippen LogP contribution in [0.5, 0.6) is 0 Å². The Bertz CT molecular complexity index is 1170. The number of nitrogens with one attached hydrogen (secondary N) is 2. The van der Waals surface area contributed by atoms with Gasteiger partial charge < -0.3 is 15.7 Å². The molecule has 0 bridgehead atoms. The monoisotopic (exact) mass is 431 g/mol. The smallest absolute Gasteiger partial charge is 0.251 e. The van der Waals surface area contributed by atoms with Crippen molar-refractivity contribution in [2.75, 3.05) is 13.2 Å². The van der Waals surface area contributed by atoms with Crippen LogP contribution in [0.4, 0.5) is 4.39 Å². The average Bonchev–Trinajstić information content (AvgIpc) is 2.82. The fourth-order valence-electron chi connectivity index (χ4n) is 3.26. The summed E-state index contributed by atoms with van der Waals surface area (Å²) < 4.78 is 13.2. The Balaban J connectivity index is 1.98. The number of halogens is 1. The fourth-order valence-corrected chi connectivity index (χ4v) is 3.26. The summed E-state index contributed by atoms with van der Waals surface area (Å²) in [4.78, 5) is 25.5. The van der Waals surface area contributed by atoms with Crippen molar-refractivity contribution in [3.8, 4) is 17.2 Å². The van der Waals surface area contributed by atoms with Crippen molar-refractivity contribution in [3.63, 3.8) is 0 Å².